The number of hydrogen-bond acceptors (Lipinski definition) is 5. The van der Waals surface area contributed by atoms with E-state index in [4.69, 9.17) is 9.84 Å². The maximum absolute atomic E-state index is 12.3. The number of carboxylic acids is 1. The summed E-state index contributed by atoms with van der Waals surface area (Å²) in [6.45, 7) is 0.541. The number of carboxylic acid groups (broad SMARTS) is 1. The standard InChI is InChI=1S/C12H19NO6S/c1-20(17,18)8-12(2-3-12)6-10(14)13-4-5-19-7-9(13)11(15)16/h9H,2-8H2,1H3,(H,15,16). The molecule has 1 unspecified atom stereocenters. The Kier molecular flexibility index (Phi) is 4.06. The van der Waals surface area contributed by atoms with Crippen LogP contribution < -0.4 is 0 Å². The molecule has 114 valence electrons. The summed E-state index contributed by atoms with van der Waals surface area (Å²) in [4.78, 5) is 24.7. The molecule has 1 saturated carbocycles. The summed E-state index contributed by atoms with van der Waals surface area (Å²) in [5.74, 6) is -1.39. The van der Waals surface area contributed by atoms with Crippen LogP contribution in [0.2, 0.25) is 0 Å². The minimum absolute atomic E-state index is 0.00613. The van der Waals surface area contributed by atoms with Gasteiger partial charge in [0, 0.05) is 19.2 Å². The molecule has 1 atom stereocenters. The molecular weight excluding hydrogens is 286 g/mol. The fourth-order valence-corrected chi connectivity index (χ4v) is 4.14. The quantitative estimate of drug-likeness (QED) is 0.736. The van der Waals surface area contributed by atoms with E-state index >= 15 is 0 Å². The Labute approximate surface area is 117 Å². The zero-order chi connectivity index (χ0) is 15.0. The molecule has 1 aliphatic carbocycles. The van der Waals surface area contributed by atoms with E-state index in [1.54, 1.807) is 0 Å². The molecular formula is C12H19NO6S. The molecule has 7 nitrogen and oxygen atoms in total. The van der Waals surface area contributed by atoms with Gasteiger partial charge in [0.05, 0.1) is 19.0 Å². The van der Waals surface area contributed by atoms with Crippen molar-refractivity contribution in [2.75, 3.05) is 31.8 Å². The van der Waals surface area contributed by atoms with Gasteiger partial charge < -0.3 is 14.7 Å². The third-order valence-electron chi connectivity index (χ3n) is 3.79. The minimum atomic E-state index is -3.14. The average Bonchev–Trinajstić information content (AvgIpc) is 3.05. The van der Waals surface area contributed by atoms with Crippen LogP contribution in [-0.2, 0) is 24.2 Å². The van der Waals surface area contributed by atoms with Crippen molar-refractivity contribution >= 4 is 21.7 Å². The molecule has 0 spiro atoms. The molecule has 0 radical (unpaired) electrons. The van der Waals surface area contributed by atoms with Gasteiger partial charge in [-0.25, -0.2) is 13.2 Å². The first-order valence-corrected chi connectivity index (χ1v) is 8.56. The number of carbonyl (C=O) groups excluding carboxylic acids is 1. The van der Waals surface area contributed by atoms with Crippen LogP contribution in [0.5, 0.6) is 0 Å². The van der Waals surface area contributed by atoms with E-state index in [2.05, 4.69) is 0 Å². The van der Waals surface area contributed by atoms with E-state index in [0.29, 0.717) is 19.4 Å². The number of rotatable bonds is 5. The van der Waals surface area contributed by atoms with Gasteiger partial charge in [-0.15, -0.1) is 0 Å². The van der Waals surface area contributed by atoms with Crippen molar-refractivity contribution in [2.45, 2.75) is 25.3 Å². The Balaban J connectivity index is 2.02. The molecule has 0 aromatic heterocycles. The highest BCUT2D eigenvalue weighted by Gasteiger charge is 2.48. The lowest BCUT2D eigenvalue weighted by molar-refractivity contribution is -0.158. The predicted octanol–water partition coefficient (Wildman–Crippen LogP) is -0.487. The SMILES string of the molecule is CS(=O)(=O)CC1(CC(=O)N2CCOCC2C(=O)O)CC1. The number of aliphatic carboxylic acids is 1. The second-order valence-corrected chi connectivity index (χ2v) is 7.90. The van der Waals surface area contributed by atoms with Crippen molar-refractivity contribution in [1.29, 1.82) is 0 Å². The minimum Gasteiger partial charge on any atom is -0.480 e. The molecule has 1 N–H and O–H groups in total. The molecule has 0 aromatic carbocycles. The highest BCUT2D eigenvalue weighted by molar-refractivity contribution is 7.90. The first kappa shape index (κ1) is 15.2. The number of nitrogens with zero attached hydrogens (tertiary/aromatic N) is 1. The largest absolute Gasteiger partial charge is 0.480 e. The average molecular weight is 305 g/mol. The number of carbonyl (C=O) groups is 2. The van der Waals surface area contributed by atoms with E-state index in [1.807, 2.05) is 0 Å². The summed E-state index contributed by atoms with van der Waals surface area (Å²) in [6.07, 6.45) is 2.66. The number of sulfone groups is 1. The topological polar surface area (TPSA) is 101 Å². The van der Waals surface area contributed by atoms with Gasteiger partial charge in [0.2, 0.25) is 5.91 Å². The summed E-state index contributed by atoms with van der Waals surface area (Å²) < 4.78 is 27.8. The van der Waals surface area contributed by atoms with Crippen LogP contribution in [0.3, 0.4) is 0 Å². The van der Waals surface area contributed by atoms with Crippen molar-refractivity contribution in [3.8, 4) is 0 Å². The number of ether oxygens (including phenoxy) is 1. The Morgan fingerprint density at radius 1 is 1.40 bits per heavy atom. The molecule has 1 heterocycles. The van der Waals surface area contributed by atoms with Gasteiger partial charge in [-0.2, -0.15) is 0 Å². The van der Waals surface area contributed by atoms with Crippen LogP contribution in [-0.4, -0.2) is 68.1 Å². The third-order valence-corrected chi connectivity index (χ3v) is 4.92. The summed E-state index contributed by atoms with van der Waals surface area (Å²) >= 11 is 0. The van der Waals surface area contributed by atoms with E-state index in [9.17, 15) is 18.0 Å². The fourth-order valence-electron chi connectivity index (χ4n) is 2.63. The highest BCUT2D eigenvalue weighted by atomic mass is 32.2. The van der Waals surface area contributed by atoms with Gasteiger partial charge in [-0.1, -0.05) is 0 Å². The fraction of sp³-hybridized carbons (Fsp3) is 0.833. The first-order chi connectivity index (χ1) is 9.22. The van der Waals surface area contributed by atoms with Crippen molar-refractivity contribution in [3.63, 3.8) is 0 Å². The van der Waals surface area contributed by atoms with Crippen molar-refractivity contribution in [3.05, 3.63) is 0 Å². The molecule has 20 heavy (non-hydrogen) atoms. The van der Waals surface area contributed by atoms with Gasteiger partial charge in [0.15, 0.2) is 6.04 Å². The van der Waals surface area contributed by atoms with Gasteiger partial charge in [0.1, 0.15) is 9.84 Å². The zero-order valence-electron chi connectivity index (χ0n) is 11.4. The molecule has 1 saturated heterocycles. The van der Waals surface area contributed by atoms with E-state index < -0.39 is 27.3 Å². The summed E-state index contributed by atoms with van der Waals surface area (Å²) in [6, 6.07) is -0.967. The van der Waals surface area contributed by atoms with Crippen LogP contribution in [0, 0.1) is 5.41 Å². The van der Waals surface area contributed by atoms with Crippen molar-refractivity contribution in [2.24, 2.45) is 5.41 Å². The van der Waals surface area contributed by atoms with E-state index in [1.165, 1.54) is 4.90 Å². The molecule has 0 bridgehead atoms. The first-order valence-electron chi connectivity index (χ1n) is 6.50. The molecule has 1 aliphatic heterocycles. The summed E-state index contributed by atoms with van der Waals surface area (Å²) in [7, 11) is -3.14. The highest BCUT2D eigenvalue weighted by Crippen LogP contribution is 2.50. The maximum Gasteiger partial charge on any atom is 0.328 e. The van der Waals surface area contributed by atoms with Crippen LogP contribution in [0.25, 0.3) is 0 Å². The van der Waals surface area contributed by atoms with Crippen LogP contribution >= 0.6 is 0 Å². The van der Waals surface area contributed by atoms with Crippen LogP contribution in [0.15, 0.2) is 0 Å². The van der Waals surface area contributed by atoms with Crippen molar-refractivity contribution in [1.82, 2.24) is 4.90 Å². The van der Waals surface area contributed by atoms with E-state index in [-0.39, 0.29) is 31.2 Å². The van der Waals surface area contributed by atoms with Crippen molar-refractivity contribution < 1.29 is 27.9 Å². The molecule has 2 fully saturated rings. The number of hydrogen-bond donors (Lipinski definition) is 1. The lowest BCUT2D eigenvalue weighted by atomic mass is 10.0. The number of amides is 1. The smallest absolute Gasteiger partial charge is 0.328 e. The lowest BCUT2D eigenvalue weighted by Gasteiger charge is -2.33. The van der Waals surface area contributed by atoms with E-state index in [0.717, 1.165) is 6.26 Å². The van der Waals surface area contributed by atoms with Gasteiger partial charge in [-0.05, 0) is 18.3 Å². The second kappa shape index (κ2) is 5.33. The molecule has 8 heteroatoms. The summed E-state index contributed by atoms with van der Waals surface area (Å²) in [5.41, 5.74) is -0.480. The van der Waals surface area contributed by atoms with Gasteiger partial charge >= 0.3 is 5.97 Å². The Bertz CT molecular complexity index is 510. The lowest BCUT2D eigenvalue weighted by Crippen LogP contribution is -2.53. The Hall–Kier alpha value is -1.15. The second-order valence-electron chi connectivity index (χ2n) is 5.76. The maximum atomic E-state index is 12.3. The molecule has 2 rings (SSSR count). The molecule has 1 amide bonds. The van der Waals surface area contributed by atoms with Crippen LogP contribution in [0.1, 0.15) is 19.3 Å². The summed E-state index contributed by atoms with van der Waals surface area (Å²) in [5, 5.41) is 9.09. The van der Waals surface area contributed by atoms with Gasteiger partial charge in [-0.3, -0.25) is 4.79 Å². The molecule has 2 aliphatic rings. The number of morpholine rings is 1. The zero-order valence-corrected chi connectivity index (χ0v) is 12.2. The predicted molar refractivity (Wildman–Crippen MR) is 70.0 cm³/mol. The molecule has 0 aromatic rings. The van der Waals surface area contributed by atoms with Crippen LogP contribution in [0.4, 0.5) is 0 Å². The monoisotopic (exact) mass is 305 g/mol. The normalized spacial score (nSPS) is 25.2. The third kappa shape index (κ3) is 3.69. The Morgan fingerprint density at radius 3 is 2.55 bits per heavy atom. The Morgan fingerprint density at radius 2 is 2.05 bits per heavy atom. The van der Waals surface area contributed by atoms with Gasteiger partial charge in [0.25, 0.3) is 0 Å².